The van der Waals surface area contributed by atoms with Crippen molar-refractivity contribution in [2.75, 3.05) is 26.3 Å². The third kappa shape index (κ3) is 4.22. The van der Waals surface area contributed by atoms with E-state index in [0.29, 0.717) is 50.1 Å². The second kappa shape index (κ2) is 9.40. The molecular formula is C23H19ClN4O5S. The predicted octanol–water partition coefficient (Wildman–Crippen LogP) is 4.29. The normalized spacial score (nSPS) is 14.4. The number of methoxy groups -OCH3 is 1. The Kier molecular flexibility index (Phi) is 6.16. The molecule has 0 fully saturated rings. The number of ether oxygens (including phenoxy) is 4. The van der Waals surface area contributed by atoms with Gasteiger partial charge in [0, 0.05) is 11.3 Å². The lowest BCUT2D eigenvalue weighted by Gasteiger charge is -2.16. The van der Waals surface area contributed by atoms with Crippen molar-refractivity contribution in [2.24, 2.45) is 5.10 Å². The van der Waals surface area contributed by atoms with E-state index in [4.69, 9.17) is 35.6 Å². The summed E-state index contributed by atoms with van der Waals surface area (Å²) in [5.41, 5.74) is 2.31. The fourth-order valence-corrected chi connectivity index (χ4v) is 4.59. The van der Waals surface area contributed by atoms with Crippen molar-refractivity contribution in [3.8, 4) is 28.6 Å². The van der Waals surface area contributed by atoms with E-state index in [1.807, 2.05) is 24.3 Å². The minimum absolute atomic E-state index is 0.0981. The second-order valence-corrected chi connectivity index (χ2v) is 8.55. The van der Waals surface area contributed by atoms with Crippen molar-refractivity contribution in [1.82, 2.24) is 14.9 Å². The van der Waals surface area contributed by atoms with Gasteiger partial charge in [-0.2, -0.15) is 9.78 Å². The van der Waals surface area contributed by atoms with Crippen LogP contribution in [0, 0.1) is 0 Å². The molecule has 11 heteroatoms. The molecule has 0 radical (unpaired) electrons. The lowest BCUT2D eigenvalue weighted by Crippen LogP contribution is -2.21. The first-order valence-electron chi connectivity index (χ1n) is 10.4. The van der Waals surface area contributed by atoms with Crippen molar-refractivity contribution in [2.45, 2.75) is 12.1 Å². The van der Waals surface area contributed by atoms with Crippen LogP contribution < -0.4 is 14.2 Å². The smallest absolute Gasteiger partial charge is 0.340 e. The molecule has 174 valence electrons. The summed E-state index contributed by atoms with van der Waals surface area (Å²) in [5, 5.41) is 14.3. The highest BCUT2D eigenvalue weighted by atomic mass is 35.5. The molecule has 0 spiro atoms. The Morgan fingerprint density at radius 2 is 2.06 bits per heavy atom. The van der Waals surface area contributed by atoms with Crippen LogP contribution in [-0.2, 0) is 9.53 Å². The van der Waals surface area contributed by atoms with Gasteiger partial charge in [-0.15, -0.1) is 10.2 Å². The number of hydrogen-bond acceptors (Lipinski definition) is 9. The molecule has 2 aliphatic heterocycles. The number of nitrogens with zero attached hydrogens (tertiary/aromatic N) is 4. The number of esters is 1. The van der Waals surface area contributed by atoms with Gasteiger partial charge in [0.2, 0.25) is 11.9 Å². The summed E-state index contributed by atoms with van der Waals surface area (Å²) in [6.45, 7) is 2.08. The first-order valence-corrected chi connectivity index (χ1v) is 11.7. The van der Waals surface area contributed by atoms with Crippen LogP contribution in [0.3, 0.4) is 0 Å². The maximum absolute atomic E-state index is 12.9. The Hall–Kier alpha value is -3.50. The third-order valence-corrected chi connectivity index (χ3v) is 6.30. The number of aromatic nitrogens is 3. The van der Waals surface area contributed by atoms with Gasteiger partial charge in [-0.05, 0) is 55.0 Å². The lowest BCUT2D eigenvalue weighted by atomic mass is 10.1. The molecule has 34 heavy (non-hydrogen) atoms. The Morgan fingerprint density at radius 3 is 2.82 bits per heavy atom. The van der Waals surface area contributed by atoms with Crippen molar-refractivity contribution in [3.05, 3.63) is 52.6 Å². The highest BCUT2D eigenvalue weighted by molar-refractivity contribution is 7.99. The molecule has 0 aliphatic carbocycles. The van der Waals surface area contributed by atoms with Gasteiger partial charge in [-0.3, -0.25) is 0 Å². The highest BCUT2D eigenvalue weighted by Crippen LogP contribution is 2.40. The van der Waals surface area contributed by atoms with E-state index < -0.39 is 5.97 Å². The molecule has 0 atom stereocenters. The maximum atomic E-state index is 12.9. The van der Waals surface area contributed by atoms with E-state index in [1.165, 1.54) is 11.8 Å². The summed E-state index contributed by atoms with van der Waals surface area (Å²) in [4.78, 5) is 12.9. The standard InChI is InChI=1S/C23H19ClN4O5S/c1-3-31-22(29)16(8-13-9-17(24)20-19(10-13)32-12-33-20)18-11-34-23-26-25-21(28(23)27-18)14-4-6-15(30-2)7-5-14/h4-10H,3,11-12H2,1-2H3/b16-8-. The minimum Gasteiger partial charge on any atom is -0.497 e. The zero-order chi connectivity index (χ0) is 23.7. The number of fused-ring (bicyclic) bond motifs is 2. The number of halogens is 1. The van der Waals surface area contributed by atoms with E-state index in [-0.39, 0.29) is 13.4 Å². The van der Waals surface area contributed by atoms with Crippen LogP contribution >= 0.6 is 23.4 Å². The summed E-state index contributed by atoms with van der Waals surface area (Å²) < 4.78 is 23.0. The number of hydrogen-bond donors (Lipinski definition) is 0. The summed E-state index contributed by atoms with van der Waals surface area (Å²) in [6, 6.07) is 10.9. The molecule has 0 saturated carbocycles. The SMILES string of the molecule is CCOC(=O)/C(=C\c1cc(Cl)c2c(c1)OCO2)C1=Nn2c(nnc2-c2ccc(OC)cc2)SC1. The predicted molar refractivity (Wildman–Crippen MR) is 128 cm³/mol. The molecule has 1 aromatic heterocycles. The minimum atomic E-state index is -0.488. The van der Waals surface area contributed by atoms with Crippen LogP contribution in [0.25, 0.3) is 17.5 Å². The van der Waals surface area contributed by atoms with Crippen LogP contribution in [0.4, 0.5) is 0 Å². The van der Waals surface area contributed by atoms with Gasteiger partial charge in [-0.1, -0.05) is 23.4 Å². The molecule has 0 amide bonds. The van der Waals surface area contributed by atoms with Gasteiger partial charge in [0.15, 0.2) is 17.3 Å². The summed E-state index contributed by atoms with van der Waals surface area (Å²) in [6.07, 6.45) is 1.69. The Balaban J connectivity index is 1.56. The van der Waals surface area contributed by atoms with E-state index in [2.05, 4.69) is 10.2 Å². The van der Waals surface area contributed by atoms with Crippen molar-refractivity contribution < 1.29 is 23.7 Å². The van der Waals surface area contributed by atoms with Gasteiger partial charge in [0.25, 0.3) is 0 Å². The highest BCUT2D eigenvalue weighted by Gasteiger charge is 2.26. The first kappa shape index (κ1) is 22.3. The number of benzene rings is 2. The average molecular weight is 499 g/mol. The topological polar surface area (TPSA) is 97.1 Å². The molecule has 0 unspecified atom stereocenters. The van der Waals surface area contributed by atoms with E-state index >= 15 is 0 Å². The largest absolute Gasteiger partial charge is 0.497 e. The molecule has 0 saturated heterocycles. The van der Waals surface area contributed by atoms with Crippen LogP contribution in [0.2, 0.25) is 5.02 Å². The average Bonchev–Trinajstić information content (AvgIpc) is 3.50. The zero-order valence-electron chi connectivity index (χ0n) is 18.3. The van der Waals surface area contributed by atoms with E-state index in [9.17, 15) is 4.79 Å². The molecule has 9 nitrogen and oxygen atoms in total. The molecule has 0 bridgehead atoms. The molecule has 3 heterocycles. The monoisotopic (exact) mass is 498 g/mol. The Morgan fingerprint density at radius 1 is 1.24 bits per heavy atom. The van der Waals surface area contributed by atoms with Gasteiger partial charge in [0.1, 0.15) is 5.75 Å². The second-order valence-electron chi connectivity index (χ2n) is 7.20. The fraction of sp³-hybridized carbons (Fsp3) is 0.217. The Labute approximate surface area is 204 Å². The van der Waals surface area contributed by atoms with Gasteiger partial charge >= 0.3 is 5.97 Å². The molecule has 2 aromatic carbocycles. The zero-order valence-corrected chi connectivity index (χ0v) is 19.9. The van der Waals surface area contributed by atoms with Crippen molar-refractivity contribution >= 4 is 41.1 Å². The van der Waals surface area contributed by atoms with E-state index in [1.54, 1.807) is 36.9 Å². The number of carbonyl (C=O) groups excluding carboxylic acids is 1. The molecule has 0 N–H and O–H groups in total. The number of thioether (sulfide) groups is 1. The maximum Gasteiger partial charge on any atom is 0.340 e. The van der Waals surface area contributed by atoms with Gasteiger partial charge in [0.05, 0.1) is 30.0 Å². The van der Waals surface area contributed by atoms with Crippen LogP contribution in [0.1, 0.15) is 12.5 Å². The van der Waals surface area contributed by atoms with Crippen molar-refractivity contribution in [3.63, 3.8) is 0 Å². The van der Waals surface area contributed by atoms with Crippen LogP contribution in [0.15, 0.2) is 52.2 Å². The third-order valence-electron chi connectivity index (χ3n) is 5.09. The van der Waals surface area contributed by atoms with Crippen LogP contribution in [0.5, 0.6) is 17.2 Å². The summed E-state index contributed by atoms with van der Waals surface area (Å²) >= 11 is 7.77. The quantitative estimate of drug-likeness (QED) is 0.366. The molecule has 3 aromatic rings. The Bertz CT molecular complexity index is 1320. The molecule has 5 rings (SSSR count). The van der Waals surface area contributed by atoms with Crippen molar-refractivity contribution in [1.29, 1.82) is 0 Å². The molecule has 2 aliphatic rings. The van der Waals surface area contributed by atoms with Gasteiger partial charge < -0.3 is 18.9 Å². The fourth-order valence-electron chi connectivity index (χ4n) is 3.49. The van der Waals surface area contributed by atoms with Gasteiger partial charge in [-0.25, -0.2) is 4.79 Å². The number of carbonyl (C=O) groups is 1. The molecular weight excluding hydrogens is 480 g/mol. The summed E-state index contributed by atoms with van der Waals surface area (Å²) in [7, 11) is 1.61. The van der Waals surface area contributed by atoms with Crippen LogP contribution in [-0.4, -0.2) is 52.8 Å². The first-order chi connectivity index (χ1) is 16.6. The summed E-state index contributed by atoms with van der Waals surface area (Å²) in [5.74, 6) is 2.22. The number of rotatable bonds is 6. The van der Waals surface area contributed by atoms with E-state index in [0.717, 1.165) is 11.3 Å². The lowest BCUT2D eigenvalue weighted by molar-refractivity contribution is -0.137.